The summed E-state index contributed by atoms with van der Waals surface area (Å²) in [6.07, 6.45) is 4.14. The molecule has 4 heteroatoms. The van der Waals surface area contributed by atoms with Crippen LogP contribution in [-0.4, -0.2) is 23.1 Å². The van der Waals surface area contributed by atoms with Crippen LogP contribution in [0.15, 0.2) is 42.5 Å². The fourth-order valence-corrected chi connectivity index (χ4v) is 4.20. The standard InChI is InChI=1S/C23H31FN2O/c1-3-26(4-2)17-19-15-18(11-12-22(19)27)16-25-23(13-7-8-14-23)20-9-5-6-10-21(20)24/h5-6,9-12,15,25,27H,3-4,7-8,13-14,16-17H2,1-2H3. The summed E-state index contributed by atoms with van der Waals surface area (Å²) >= 11 is 0. The van der Waals surface area contributed by atoms with Gasteiger partial charge in [-0.25, -0.2) is 4.39 Å². The summed E-state index contributed by atoms with van der Waals surface area (Å²) in [6.45, 7) is 7.57. The van der Waals surface area contributed by atoms with Crippen LogP contribution in [0.1, 0.15) is 56.2 Å². The number of aromatic hydroxyl groups is 1. The Kier molecular flexibility index (Phi) is 6.51. The number of phenols is 1. The molecule has 146 valence electrons. The summed E-state index contributed by atoms with van der Waals surface area (Å²) in [7, 11) is 0. The predicted molar refractivity (Wildman–Crippen MR) is 108 cm³/mol. The van der Waals surface area contributed by atoms with Crippen LogP contribution in [0.4, 0.5) is 4.39 Å². The summed E-state index contributed by atoms with van der Waals surface area (Å²) < 4.78 is 14.5. The lowest BCUT2D eigenvalue weighted by Crippen LogP contribution is -2.40. The smallest absolute Gasteiger partial charge is 0.128 e. The molecule has 0 aliphatic heterocycles. The maximum absolute atomic E-state index is 14.5. The normalized spacial score (nSPS) is 16.1. The van der Waals surface area contributed by atoms with Crippen LogP contribution in [-0.2, 0) is 18.6 Å². The summed E-state index contributed by atoms with van der Waals surface area (Å²) in [4.78, 5) is 2.28. The number of nitrogens with zero attached hydrogens (tertiary/aromatic N) is 1. The van der Waals surface area contributed by atoms with Crippen LogP contribution < -0.4 is 5.32 Å². The Labute approximate surface area is 162 Å². The Hall–Kier alpha value is -1.91. The van der Waals surface area contributed by atoms with Gasteiger partial charge in [-0.05, 0) is 49.7 Å². The maximum atomic E-state index is 14.5. The number of phenolic OH excluding ortho intramolecular Hbond substituents is 1. The van der Waals surface area contributed by atoms with Gasteiger partial charge in [-0.15, -0.1) is 0 Å². The minimum atomic E-state index is -0.289. The fraction of sp³-hybridized carbons (Fsp3) is 0.478. The maximum Gasteiger partial charge on any atom is 0.128 e. The zero-order valence-electron chi connectivity index (χ0n) is 16.5. The third kappa shape index (κ3) is 4.50. The zero-order chi connectivity index (χ0) is 19.3. The van der Waals surface area contributed by atoms with Gasteiger partial charge in [-0.1, -0.05) is 51.0 Å². The highest BCUT2D eigenvalue weighted by Gasteiger charge is 2.36. The van der Waals surface area contributed by atoms with Crippen molar-refractivity contribution < 1.29 is 9.50 Å². The molecule has 0 atom stereocenters. The lowest BCUT2D eigenvalue weighted by Gasteiger charge is -2.32. The molecule has 0 saturated heterocycles. The number of benzene rings is 2. The Morgan fingerprint density at radius 2 is 1.78 bits per heavy atom. The molecule has 0 heterocycles. The molecule has 0 spiro atoms. The highest BCUT2D eigenvalue weighted by Crippen LogP contribution is 2.40. The van der Waals surface area contributed by atoms with Gasteiger partial charge in [0.1, 0.15) is 11.6 Å². The topological polar surface area (TPSA) is 35.5 Å². The molecule has 3 rings (SSSR count). The average molecular weight is 371 g/mol. The van der Waals surface area contributed by atoms with Gasteiger partial charge >= 0.3 is 0 Å². The van der Waals surface area contributed by atoms with E-state index in [2.05, 4.69) is 30.1 Å². The number of nitrogens with one attached hydrogen (secondary N) is 1. The molecular weight excluding hydrogens is 339 g/mol. The first-order chi connectivity index (χ1) is 13.1. The van der Waals surface area contributed by atoms with Crippen molar-refractivity contribution in [2.45, 2.75) is 58.2 Å². The predicted octanol–water partition coefficient (Wildman–Crippen LogP) is 4.93. The van der Waals surface area contributed by atoms with Crippen LogP contribution >= 0.6 is 0 Å². The Bertz CT molecular complexity index is 752. The van der Waals surface area contributed by atoms with Crippen molar-refractivity contribution in [2.75, 3.05) is 13.1 Å². The lowest BCUT2D eigenvalue weighted by molar-refractivity contribution is 0.290. The molecule has 3 nitrogen and oxygen atoms in total. The van der Waals surface area contributed by atoms with Crippen molar-refractivity contribution in [1.82, 2.24) is 10.2 Å². The van der Waals surface area contributed by atoms with Gasteiger partial charge in [-0.3, -0.25) is 4.90 Å². The quantitative estimate of drug-likeness (QED) is 0.691. The Morgan fingerprint density at radius 3 is 2.44 bits per heavy atom. The van der Waals surface area contributed by atoms with E-state index >= 15 is 0 Å². The Balaban J connectivity index is 1.77. The molecule has 0 bridgehead atoms. The van der Waals surface area contributed by atoms with E-state index in [1.165, 1.54) is 0 Å². The first kappa shape index (κ1) is 19.8. The van der Waals surface area contributed by atoms with E-state index in [1.807, 2.05) is 18.2 Å². The van der Waals surface area contributed by atoms with E-state index in [9.17, 15) is 9.50 Å². The lowest BCUT2D eigenvalue weighted by atomic mass is 9.87. The molecule has 27 heavy (non-hydrogen) atoms. The molecule has 2 N–H and O–H groups in total. The minimum absolute atomic E-state index is 0.125. The van der Waals surface area contributed by atoms with E-state index in [1.54, 1.807) is 18.2 Å². The van der Waals surface area contributed by atoms with Crippen molar-refractivity contribution in [3.05, 3.63) is 65.0 Å². The molecule has 1 fully saturated rings. The summed E-state index contributed by atoms with van der Waals surface area (Å²) in [5, 5.41) is 13.9. The average Bonchev–Trinajstić information content (AvgIpc) is 3.16. The van der Waals surface area contributed by atoms with Crippen LogP contribution in [0, 0.1) is 5.82 Å². The number of rotatable bonds is 8. The van der Waals surface area contributed by atoms with Gasteiger partial charge in [0, 0.05) is 29.8 Å². The second-order valence-electron chi connectivity index (χ2n) is 7.55. The number of hydrogen-bond acceptors (Lipinski definition) is 3. The molecular formula is C23H31FN2O. The third-order valence-corrected chi connectivity index (χ3v) is 5.91. The van der Waals surface area contributed by atoms with Crippen LogP contribution in [0.25, 0.3) is 0 Å². The van der Waals surface area contributed by atoms with Crippen molar-refractivity contribution >= 4 is 0 Å². The molecule has 1 aliphatic carbocycles. The highest BCUT2D eigenvalue weighted by atomic mass is 19.1. The fourth-order valence-electron chi connectivity index (χ4n) is 4.20. The van der Waals surface area contributed by atoms with E-state index < -0.39 is 0 Å². The van der Waals surface area contributed by atoms with E-state index in [0.717, 1.165) is 62.0 Å². The van der Waals surface area contributed by atoms with E-state index in [-0.39, 0.29) is 11.4 Å². The minimum Gasteiger partial charge on any atom is -0.508 e. The molecule has 2 aromatic rings. The van der Waals surface area contributed by atoms with Gasteiger partial charge in [0.25, 0.3) is 0 Å². The summed E-state index contributed by atoms with van der Waals surface area (Å²) in [5.74, 6) is 0.218. The molecule has 0 radical (unpaired) electrons. The van der Waals surface area contributed by atoms with Crippen LogP contribution in [0.3, 0.4) is 0 Å². The zero-order valence-corrected chi connectivity index (χ0v) is 16.5. The van der Waals surface area contributed by atoms with Crippen molar-refractivity contribution in [1.29, 1.82) is 0 Å². The van der Waals surface area contributed by atoms with E-state index in [4.69, 9.17) is 0 Å². The van der Waals surface area contributed by atoms with Gasteiger partial charge in [-0.2, -0.15) is 0 Å². The molecule has 0 amide bonds. The second kappa shape index (κ2) is 8.85. The van der Waals surface area contributed by atoms with Gasteiger partial charge in [0.05, 0.1) is 0 Å². The molecule has 2 aromatic carbocycles. The first-order valence-electron chi connectivity index (χ1n) is 10.1. The van der Waals surface area contributed by atoms with Crippen LogP contribution in [0.2, 0.25) is 0 Å². The van der Waals surface area contributed by atoms with Gasteiger partial charge < -0.3 is 10.4 Å². The van der Waals surface area contributed by atoms with Crippen molar-refractivity contribution in [3.63, 3.8) is 0 Å². The highest BCUT2D eigenvalue weighted by molar-refractivity contribution is 5.36. The Morgan fingerprint density at radius 1 is 1.07 bits per heavy atom. The molecule has 1 saturated carbocycles. The second-order valence-corrected chi connectivity index (χ2v) is 7.55. The van der Waals surface area contributed by atoms with E-state index in [0.29, 0.717) is 12.3 Å². The third-order valence-electron chi connectivity index (χ3n) is 5.91. The molecule has 1 aliphatic rings. The summed E-state index contributed by atoms with van der Waals surface area (Å²) in [6, 6.07) is 12.9. The number of halogens is 1. The van der Waals surface area contributed by atoms with Crippen LogP contribution in [0.5, 0.6) is 5.75 Å². The monoisotopic (exact) mass is 370 g/mol. The molecule has 0 aromatic heterocycles. The first-order valence-corrected chi connectivity index (χ1v) is 10.1. The molecule has 0 unspecified atom stereocenters. The van der Waals surface area contributed by atoms with Crippen molar-refractivity contribution in [3.8, 4) is 5.75 Å². The SMILES string of the molecule is CCN(CC)Cc1cc(CNC2(c3ccccc3F)CCCC2)ccc1O. The van der Waals surface area contributed by atoms with Gasteiger partial charge in [0.2, 0.25) is 0 Å². The number of hydrogen-bond donors (Lipinski definition) is 2. The van der Waals surface area contributed by atoms with Gasteiger partial charge in [0.15, 0.2) is 0 Å². The largest absolute Gasteiger partial charge is 0.508 e. The van der Waals surface area contributed by atoms with Crippen molar-refractivity contribution in [2.24, 2.45) is 0 Å². The summed E-state index contributed by atoms with van der Waals surface area (Å²) in [5.41, 5.74) is 2.56.